The van der Waals surface area contributed by atoms with E-state index in [1.807, 2.05) is 12.1 Å². The highest BCUT2D eigenvalue weighted by Gasteiger charge is 2.13. The molecule has 3 rings (SSSR count). The largest absolute Gasteiger partial charge is 0.328 e. The third kappa shape index (κ3) is 3.52. The number of hydrogen-bond donors (Lipinski definition) is 1. The highest BCUT2D eigenvalue weighted by molar-refractivity contribution is 5.62. The van der Waals surface area contributed by atoms with E-state index in [9.17, 15) is 0 Å². The summed E-state index contributed by atoms with van der Waals surface area (Å²) in [5.41, 5.74) is 7.77. The monoisotopic (exact) mass is 211 g/mol. The van der Waals surface area contributed by atoms with Gasteiger partial charge in [0.1, 0.15) is 0 Å². The van der Waals surface area contributed by atoms with E-state index in [0.717, 1.165) is 0 Å². The molecule has 1 aliphatic rings. The van der Waals surface area contributed by atoms with Crippen molar-refractivity contribution in [1.29, 1.82) is 0 Å². The zero-order valence-corrected chi connectivity index (χ0v) is 9.34. The molecule has 0 radical (unpaired) electrons. The van der Waals surface area contributed by atoms with Crippen LogP contribution in [0.5, 0.6) is 0 Å². The van der Waals surface area contributed by atoms with Gasteiger partial charge in [0.05, 0.1) is 0 Å². The molecule has 0 unspecified atom stereocenters. The Bertz CT molecular complexity index is 366. The maximum atomic E-state index is 5.22. The van der Waals surface area contributed by atoms with Crippen LogP contribution in [0.25, 0.3) is 11.1 Å². The van der Waals surface area contributed by atoms with Gasteiger partial charge in [0.2, 0.25) is 0 Å². The fraction of sp³-hybridized carbons (Fsp3) is 0.200. The molecule has 0 aliphatic heterocycles. The number of hydrogen-bond acceptors (Lipinski definition) is 1. The smallest absolute Gasteiger partial charge is 0.00399 e. The summed E-state index contributed by atoms with van der Waals surface area (Å²) in [5.74, 6) is 0. The van der Waals surface area contributed by atoms with Crippen molar-refractivity contribution in [2.24, 2.45) is 5.73 Å². The van der Waals surface area contributed by atoms with Crippen LogP contribution in [0.2, 0.25) is 0 Å². The van der Waals surface area contributed by atoms with E-state index >= 15 is 0 Å². The third-order valence-corrected chi connectivity index (χ3v) is 2.50. The van der Waals surface area contributed by atoms with Crippen molar-refractivity contribution < 1.29 is 0 Å². The zero-order chi connectivity index (χ0) is 11.2. The van der Waals surface area contributed by atoms with E-state index in [1.54, 1.807) is 0 Å². The summed E-state index contributed by atoms with van der Waals surface area (Å²) in [5, 5.41) is 0. The molecule has 2 aromatic rings. The quantitative estimate of drug-likeness (QED) is 0.768. The summed E-state index contributed by atoms with van der Waals surface area (Å²) in [7, 11) is 0. The lowest BCUT2D eigenvalue weighted by Gasteiger charge is -1.98. The minimum absolute atomic E-state index is 0.583. The van der Waals surface area contributed by atoms with Gasteiger partial charge in [-0.3, -0.25) is 0 Å². The Morgan fingerprint density at radius 1 is 0.688 bits per heavy atom. The van der Waals surface area contributed by atoms with Crippen molar-refractivity contribution in [3.8, 4) is 11.1 Å². The first kappa shape index (κ1) is 10.9. The first-order valence-electron chi connectivity index (χ1n) is 5.72. The van der Waals surface area contributed by atoms with Gasteiger partial charge in [-0.1, -0.05) is 60.7 Å². The molecule has 2 N–H and O–H groups in total. The molecule has 1 fully saturated rings. The normalized spacial score (nSPS) is 13.8. The molecule has 0 amide bonds. The molecular weight excluding hydrogens is 194 g/mol. The first-order valence-corrected chi connectivity index (χ1v) is 5.72. The summed E-state index contributed by atoms with van der Waals surface area (Å²) < 4.78 is 0. The zero-order valence-electron chi connectivity index (χ0n) is 9.34. The Morgan fingerprint density at radius 3 is 1.25 bits per heavy atom. The average molecular weight is 211 g/mol. The number of rotatable bonds is 1. The summed E-state index contributed by atoms with van der Waals surface area (Å²) in [6.45, 7) is 0. The third-order valence-electron chi connectivity index (χ3n) is 2.50. The molecule has 0 bridgehead atoms. The van der Waals surface area contributed by atoms with E-state index in [0.29, 0.717) is 6.04 Å². The molecule has 1 heteroatoms. The average Bonchev–Trinajstić information content (AvgIpc) is 3.15. The Kier molecular flexibility index (Phi) is 3.73. The Balaban J connectivity index is 0.000000203. The highest BCUT2D eigenvalue weighted by Crippen LogP contribution is 2.17. The molecule has 0 heterocycles. The maximum Gasteiger partial charge on any atom is 0.00399 e. The van der Waals surface area contributed by atoms with Gasteiger partial charge in [0, 0.05) is 6.04 Å². The lowest BCUT2D eigenvalue weighted by molar-refractivity contribution is 1.07. The summed E-state index contributed by atoms with van der Waals surface area (Å²) in [6, 6.07) is 21.4. The van der Waals surface area contributed by atoms with E-state index < -0.39 is 0 Å². The second-order valence-electron chi connectivity index (χ2n) is 4.07. The predicted octanol–water partition coefficient (Wildman–Crippen LogP) is 3.46. The summed E-state index contributed by atoms with van der Waals surface area (Å²) in [6.07, 6.45) is 2.53. The van der Waals surface area contributed by atoms with Crippen LogP contribution >= 0.6 is 0 Å². The second-order valence-corrected chi connectivity index (χ2v) is 4.07. The fourth-order valence-corrected chi connectivity index (χ4v) is 1.36. The van der Waals surface area contributed by atoms with Crippen LogP contribution < -0.4 is 5.73 Å². The number of benzene rings is 2. The standard InChI is InChI=1S/C12H10.C3H7N/c1-3-7-11(8-4-1)12-9-5-2-6-10-12;4-3-1-2-3/h1-10H;3H,1-2,4H2. The maximum absolute atomic E-state index is 5.22. The molecule has 0 spiro atoms. The van der Waals surface area contributed by atoms with Crippen LogP contribution in [-0.2, 0) is 0 Å². The molecular formula is C15H17N. The first-order chi connectivity index (χ1) is 7.86. The molecule has 0 aromatic heterocycles. The lowest BCUT2D eigenvalue weighted by Crippen LogP contribution is -1.94. The Morgan fingerprint density at radius 2 is 1.00 bits per heavy atom. The molecule has 1 nitrogen and oxygen atoms in total. The Hall–Kier alpha value is -1.60. The SMILES string of the molecule is NC1CC1.c1ccc(-c2ccccc2)cc1. The van der Waals surface area contributed by atoms with Crippen LogP contribution in [-0.4, -0.2) is 6.04 Å². The lowest BCUT2D eigenvalue weighted by atomic mass is 10.1. The van der Waals surface area contributed by atoms with Crippen molar-refractivity contribution in [2.45, 2.75) is 18.9 Å². The van der Waals surface area contributed by atoms with Crippen LogP contribution in [0.15, 0.2) is 60.7 Å². The molecule has 2 aromatic carbocycles. The summed E-state index contributed by atoms with van der Waals surface area (Å²) >= 11 is 0. The van der Waals surface area contributed by atoms with Gasteiger partial charge in [-0.25, -0.2) is 0 Å². The molecule has 0 atom stereocenters. The van der Waals surface area contributed by atoms with Gasteiger partial charge in [-0.2, -0.15) is 0 Å². The van der Waals surface area contributed by atoms with Gasteiger partial charge in [-0.15, -0.1) is 0 Å². The minimum atomic E-state index is 0.583. The van der Waals surface area contributed by atoms with Gasteiger partial charge in [-0.05, 0) is 24.0 Å². The van der Waals surface area contributed by atoms with Gasteiger partial charge < -0.3 is 5.73 Å². The van der Waals surface area contributed by atoms with E-state index in [-0.39, 0.29) is 0 Å². The van der Waals surface area contributed by atoms with E-state index in [2.05, 4.69) is 48.5 Å². The fourth-order valence-electron chi connectivity index (χ4n) is 1.36. The molecule has 0 saturated heterocycles. The molecule has 16 heavy (non-hydrogen) atoms. The van der Waals surface area contributed by atoms with Crippen molar-refractivity contribution in [1.82, 2.24) is 0 Å². The van der Waals surface area contributed by atoms with Crippen LogP contribution in [0.4, 0.5) is 0 Å². The second kappa shape index (κ2) is 5.47. The molecule has 1 aliphatic carbocycles. The van der Waals surface area contributed by atoms with E-state index in [4.69, 9.17) is 5.73 Å². The van der Waals surface area contributed by atoms with Crippen LogP contribution in [0, 0.1) is 0 Å². The molecule has 82 valence electrons. The van der Waals surface area contributed by atoms with Crippen LogP contribution in [0.3, 0.4) is 0 Å². The van der Waals surface area contributed by atoms with Gasteiger partial charge >= 0.3 is 0 Å². The summed E-state index contributed by atoms with van der Waals surface area (Å²) in [4.78, 5) is 0. The highest BCUT2D eigenvalue weighted by atomic mass is 14.7. The van der Waals surface area contributed by atoms with Gasteiger partial charge in [0.15, 0.2) is 0 Å². The van der Waals surface area contributed by atoms with Crippen molar-refractivity contribution in [3.63, 3.8) is 0 Å². The van der Waals surface area contributed by atoms with Gasteiger partial charge in [0.25, 0.3) is 0 Å². The number of nitrogens with two attached hydrogens (primary N) is 1. The van der Waals surface area contributed by atoms with Crippen molar-refractivity contribution >= 4 is 0 Å². The molecule has 1 saturated carbocycles. The Labute approximate surface area is 96.9 Å². The van der Waals surface area contributed by atoms with Crippen molar-refractivity contribution in [3.05, 3.63) is 60.7 Å². The van der Waals surface area contributed by atoms with E-state index in [1.165, 1.54) is 24.0 Å². The van der Waals surface area contributed by atoms with Crippen LogP contribution in [0.1, 0.15) is 12.8 Å². The minimum Gasteiger partial charge on any atom is -0.328 e. The topological polar surface area (TPSA) is 26.0 Å². The van der Waals surface area contributed by atoms with Crippen molar-refractivity contribution in [2.75, 3.05) is 0 Å². The predicted molar refractivity (Wildman–Crippen MR) is 69.1 cm³/mol.